The van der Waals surface area contributed by atoms with Crippen molar-refractivity contribution in [1.82, 2.24) is 0 Å². The number of rotatable bonds is 5. The molecular formula is C13H20FNO. The zero-order valence-corrected chi connectivity index (χ0v) is 10.2. The van der Waals surface area contributed by atoms with Crippen LogP contribution < -0.4 is 4.90 Å². The lowest BCUT2D eigenvalue weighted by Crippen LogP contribution is -2.23. The van der Waals surface area contributed by atoms with Crippen LogP contribution in [0.1, 0.15) is 25.8 Å². The van der Waals surface area contributed by atoms with Crippen molar-refractivity contribution in [3.05, 3.63) is 29.6 Å². The third-order valence-electron chi connectivity index (χ3n) is 2.85. The molecule has 0 spiro atoms. The summed E-state index contributed by atoms with van der Waals surface area (Å²) in [7, 11) is 1.95. The molecular weight excluding hydrogens is 205 g/mol. The molecule has 1 unspecified atom stereocenters. The van der Waals surface area contributed by atoms with Gasteiger partial charge in [-0.1, -0.05) is 20.3 Å². The number of anilines is 1. The van der Waals surface area contributed by atoms with Crippen molar-refractivity contribution in [2.24, 2.45) is 5.92 Å². The van der Waals surface area contributed by atoms with E-state index in [1.54, 1.807) is 0 Å². The SMILES string of the molecule is CCC(C)CN(C)c1cc(F)cc(CO)c1. The maximum absolute atomic E-state index is 13.3. The van der Waals surface area contributed by atoms with Gasteiger partial charge in [-0.3, -0.25) is 0 Å². The van der Waals surface area contributed by atoms with E-state index in [0.29, 0.717) is 11.5 Å². The van der Waals surface area contributed by atoms with Gasteiger partial charge < -0.3 is 10.0 Å². The first kappa shape index (κ1) is 13.0. The van der Waals surface area contributed by atoms with E-state index in [1.165, 1.54) is 12.1 Å². The Morgan fingerprint density at radius 2 is 2.06 bits per heavy atom. The topological polar surface area (TPSA) is 23.5 Å². The van der Waals surface area contributed by atoms with E-state index in [1.807, 2.05) is 18.0 Å². The van der Waals surface area contributed by atoms with Crippen molar-refractivity contribution in [2.75, 3.05) is 18.5 Å². The van der Waals surface area contributed by atoms with Gasteiger partial charge in [0.05, 0.1) is 6.61 Å². The van der Waals surface area contributed by atoms with E-state index in [9.17, 15) is 4.39 Å². The number of aliphatic hydroxyl groups excluding tert-OH is 1. The number of halogens is 1. The Balaban J connectivity index is 2.82. The maximum Gasteiger partial charge on any atom is 0.125 e. The largest absolute Gasteiger partial charge is 0.392 e. The first-order chi connectivity index (χ1) is 7.56. The molecule has 1 atom stereocenters. The molecule has 16 heavy (non-hydrogen) atoms. The lowest BCUT2D eigenvalue weighted by atomic mass is 10.1. The molecule has 2 nitrogen and oxygen atoms in total. The molecule has 1 rings (SSSR count). The molecule has 0 saturated heterocycles. The fraction of sp³-hybridized carbons (Fsp3) is 0.538. The van der Waals surface area contributed by atoms with Crippen LogP contribution in [0.2, 0.25) is 0 Å². The molecule has 1 N–H and O–H groups in total. The minimum atomic E-state index is -0.294. The van der Waals surface area contributed by atoms with E-state index in [4.69, 9.17) is 5.11 Å². The average molecular weight is 225 g/mol. The summed E-state index contributed by atoms with van der Waals surface area (Å²) in [6.45, 7) is 5.08. The second-order valence-corrected chi connectivity index (χ2v) is 4.37. The molecule has 0 aliphatic carbocycles. The molecule has 0 aliphatic rings. The van der Waals surface area contributed by atoms with Crippen LogP contribution in [-0.2, 0) is 6.61 Å². The molecule has 0 fully saturated rings. The summed E-state index contributed by atoms with van der Waals surface area (Å²) >= 11 is 0. The minimum absolute atomic E-state index is 0.123. The van der Waals surface area contributed by atoms with Crippen LogP contribution in [0.15, 0.2) is 18.2 Å². The molecule has 90 valence electrons. The number of benzene rings is 1. The summed E-state index contributed by atoms with van der Waals surface area (Å²) in [6, 6.07) is 4.69. The summed E-state index contributed by atoms with van der Waals surface area (Å²) in [5, 5.41) is 9.01. The van der Waals surface area contributed by atoms with Crippen molar-refractivity contribution in [2.45, 2.75) is 26.9 Å². The molecule has 1 aromatic rings. The molecule has 0 bridgehead atoms. The molecule has 3 heteroatoms. The zero-order valence-electron chi connectivity index (χ0n) is 10.2. The normalized spacial score (nSPS) is 12.6. The third kappa shape index (κ3) is 3.49. The Bertz CT molecular complexity index is 341. The van der Waals surface area contributed by atoms with Gasteiger partial charge in [-0.15, -0.1) is 0 Å². The Hall–Kier alpha value is -1.09. The zero-order chi connectivity index (χ0) is 12.1. The highest BCUT2D eigenvalue weighted by Gasteiger charge is 2.08. The number of hydrogen-bond donors (Lipinski definition) is 1. The first-order valence-electron chi connectivity index (χ1n) is 5.68. The van der Waals surface area contributed by atoms with Gasteiger partial charge in [0.2, 0.25) is 0 Å². The monoisotopic (exact) mass is 225 g/mol. The molecule has 0 heterocycles. The van der Waals surface area contributed by atoms with Crippen molar-refractivity contribution < 1.29 is 9.50 Å². The molecule has 0 aliphatic heterocycles. The highest BCUT2D eigenvalue weighted by Crippen LogP contribution is 2.19. The van der Waals surface area contributed by atoms with Crippen LogP contribution in [0.25, 0.3) is 0 Å². The Labute approximate surface area is 96.7 Å². The van der Waals surface area contributed by atoms with E-state index in [0.717, 1.165) is 18.7 Å². The molecule has 0 saturated carbocycles. The predicted molar refractivity (Wildman–Crippen MR) is 65.0 cm³/mol. The highest BCUT2D eigenvalue weighted by atomic mass is 19.1. The third-order valence-corrected chi connectivity index (χ3v) is 2.85. The minimum Gasteiger partial charge on any atom is -0.392 e. The lowest BCUT2D eigenvalue weighted by molar-refractivity contribution is 0.281. The Morgan fingerprint density at radius 1 is 1.38 bits per heavy atom. The molecule has 1 aromatic carbocycles. The van der Waals surface area contributed by atoms with Gasteiger partial charge in [-0.25, -0.2) is 4.39 Å². The van der Waals surface area contributed by atoms with Crippen molar-refractivity contribution in [3.8, 4) is 0 Å². The summed E-state index contributed by atoms with van der Waals surface area (Å²) < 4.78 is 13.3. The van der Waals surface area contributed by atoms with Crippen LogP contribution in [0.3, 0.4) is 0 Å². The predicted octanol–water partition coefficient (Wildman–Crippen LogP) is 2.80. The van der Waals surface area contributed by atoms with Gasteiger partial charge in [-0.2, -0.15) is 0 Å². The summed E-state index contributed by atoms with van der Waals surface area (Å²) in [6.07, 6.45) is 1.10. The fourth-order valence-electron chi connectivity index (χ4n) is 1.65. The maximum atomic E-state index is 13.3. The summed E-state index contributed by atoms with van der Waals surface area (Å²) in [4.78, 5) is 2.02. The molecule has 0 radical (unpaired) electrons. The standard InChI is InChI=1S/C13H20FNO/c1-4-10(2)8-15(3)13-6-11(9-16)5-12(14)7-13/h5-7,10,16H,4,8-9H2,1-3H3. The van der Waals surface area contributed by atoms with E-state index >= 15 is 0 Å². The number of hydrogen-bond acceptors (Lipinski definition) is 2. The van der Waals surface area contributed by atoms with E-state index in [2.05, 4.69) is 13.8 Å². The van der Waals surface area contributed by atoms with Gasteiger partial charge in [-0.05, 0) is 29.7 Å². The fourth-order valence-corrected chi connectivity index (χ4v) is 1.65. The van der Waals surface area contributed by atoms with Crippen LogP contribution in [-0.4, -0.2) is 18.7 Å². The van der Waals surface area contributed by atoms with Gasteiger partial charge >= 0.3 is 0 Å². The van der Waals surface area contributed by atoms with Crippen LogP contribution in [0.5, 0.6) is 0 Å². The lowest BCUT2D eigenvalue weighted by Gasteiger charge is -2.23. The highest BCUT2D eigenvalue weighted by molar-refractivity contribution is 5.48. The number of aliphatic hydroxyl groups is 1. The average Bonchev–Trinajstić information content (AvgIpc) is 2.27. The van der Waals surface area contributed by atoms with Crippen LogP contribution in [0, 0.1) is 11.7 Å². The van der Waals surface area contributed by atoms with Crippen molar-refractivity contribution in [1.29, 1.82) is 0 Å². The van der Waals surface area contributed by atoms with Crippen molar-refractivity contribution >= 4 is 5.69 Å². The molecule has 0 aromatic heterocycles. The Morgan fingerprint density at radius 3 is 2.62 bits per heavy atom. The van der Waals surface area contributed by atoms with Gasteiger partial charge in [0.15, 0.2) is 0 Å². The first-order valence-corrected chi connectivity index (χ1v) is 5.68. The summed E-state index contributed by atoms with van der Waals surface area (Å²) in [5.41, 5.74) is 1.44. The van der Waals surface area contributed by atoms with Gasteiger partial charge in [0.25, 0.3) is 0 Å². The number of nitrogens with zero attached hydrogens (tertiary/aromatic N) is 1. The summed E-state index contributed by atoms with van der Waals surface area (Å²) in [5.74, 6) is 0.281. The van der Waals surface area contributed by atoms with Crippen LogP contribution in [0.4, 0.5) is 10.1 Å². The molecule has 0 amide bonds. The second-order valence-electron chi connectivity index (χ2n) is 4.37. The van der Waals surface area contributed by atoms with Crippen LogP contribution >= 0.6 is 0 Å². The van der Waals surface area contributed by atoms with Crippen molar-refractivity contribution in [3.63, 3.8) is 0 Å². The smallest absolute Gasteiger partial charge is 0.125 e. The Kier molecular flexibility index (Phi) is 4.74. The second kappa shape index (κ2) is 5.85. The van der Waals surface area contributed by atoms with E-state index in [-0.39, 0.29) is 12.4 Å². The van der Waals surface area contributed by atoms with E-state index < -0.39 is 0 Å². The van der Waals surface area contributed by atoms with Gasteiger partial charge in [0, 0.05) is 19.3 Å². The van der Waals surface area contributed by atoms with Gasteiger partial charge in [0.1, 0.15) is 5.82 Å². The quantitative estimate of drug-likeness (QED) is 0.833.